The van der Waals surface area contributed by atoms with E-state index in [2.05, 4.69) is 48.5 Å². The number of phosphoric acid groups is 2. The first kappa shape index (κ1) is 91.1. The Hall–Kier alpha value is -1.94. The van der Waals surface area contributed by atoms with Crippen LogP contribution in [0.2, 0.25) is 0 Å². The van der Waals surface area contributed by atoms with Crippen molar-refractivity contribution in [2.45, 2.75) is 394 Å². The van der Waals surface area contributed by atoms with Crippen LogP contribution in [0.5, 0.6) is 0 Å². The number of phosphoric ester groups is 2. The molecule has 552 valence electrons. The molecule has 19 heteroatoms. The summed E-state index contributed by atoms with van der Waals surface area (Å²) in [6.45, 7) is 11.9. The predicted molar refractivity (Wildman–Crippen MR) is 377 cm³/mol. The molecule has 17 nitrogen and oxygen atoms in total. The highest BCUT2D eigenvalue weighted by atomic mass is 31.2. The van der Waals surface area contributed by atoms with Crippen molar-refractivity contribution in [3.63, 3.8) is 0 Å². The van der Waals surface area contributed by atoms with Crippen LogP contribution in [0.15, 0.2) is 0 Å². The smallest absolute Gasteiger partial charge is 0.462 e. The molecule has 0 heterocycles. The summed E-state index contributed by atoms with van der Waals surface area (Å²) in [5, 5.41) is 10.6. The van der Waals surface area contributed by atoms with Crippen LogP contribution in [-0.4, -0.2) is 96.7 Å². The number of ether oxygens (including phenoxy) is 4. The topological polar surface area (TPSA) is 237 Å². The molecule has 3 N–H and O–H groups in total. The van der Waals surface area contributed by atoms with E-state index in [-0.39, 0.29) is 25.7 Å². The summed E-state index contributed by atoms with van der Waals surface area (Å²) in [5.41, 5.74) is 0. The molecule has 0 bridgehead atoms. The molecular weight excluding hydrogens is 1220 g/mol. The first-order valence-corrected chi connectivity index (χ1v) is 41.3. The molecule has 0 aromatic heterocycles. The van der Waals surface area contributed by atoms with Gasteiger partial charge in [0.1, 0.15) is 19.3 Å². The molecule has 93 heavy (non-hydrogen) atoms. The molecule has 0 saturated heterocycles. The lowest BCUT2D eigenvalue weighted by Crippen LogP contribution is -2.30. The number of aliphatic hydroxyl groups excluding tert-OH is 1. The van der Waals surface area contributed by atoms with E-state index in [4.69, 9.17) is 37.0 Å². The zero-order chi connectivity index (χ0) is 68.7. The normalized spacial score (nSPS) is 14.1. The molecule has 0 radical (unpaired) electrons. The summed E-state index contributed by atoms with van der Waals surface area (Å²) < 4.78 is 68.5. The Morgan fingerprint density at radius 2 is 0.495 bits per heavy atom. The quantitative estimate of drug-likeness (QED) is 0.0222. The van der Waals surface area contributed by atoms with Crippen LogP contribution in [0, 0.1) is 17.8 Å². The first-order valence-electron chi connectivity index (χ1n) is 38.3. The van der Waals surface area contributed by atoms with Gasteiger partial charge in [0.2, 0.25) is 0 Å². The highest BCUT2D eigenvalue weighted by molar-refractivity contribution is 7.47. The molecule has 0 fully saturated rings. The fourth-order valence-electron chi connectivity index (χ4n) is 11.2. The van der Waals surface area contributed by atoms with Crippen molar-refractivity contribution in [1.29, 1.82) is 0 Å². The van der Waals surface area contributed by atoms with E-state index in [1.165, 1.54) is 186 Å². The third-order valence-electron chi connectivity index (χ3n) is 17.1. The van der Waals surface area contributed by atoms with Gasteiger partial charge in [0.25, 0.3) is 0 Å². The van der Waals surface area contributed by atoms with E-state index >= 15 is 0 Å². The van der Waals surface area contributed by atoms with Crippen molar-refractivity contribution in [2.24, 2.45) is 17.8 Å². The predicted octanol–water partition coefficient (Wildman–Crippen LogP) is 21.4. The molecule has 0 rings (SSSR count). The largest absolute Gasteiger partial charge is 0.472 e. The van der Waals surface area contributed by atoms with E-state index in [1.54, 1.807) is 0 Å². The van der Waals surface area contributed by atoms with E-state index in [0.29, 0.717) is 25.7 Å². The molecule has 0 aliphatic heterocycles. The van der Waals surface area contributed by atoms with Gasteiger partial charge in [0.05, 0.1) is 26.4 Å². The lowest BCUT2D eigenvalue weighted by molar-refractivity contribution is -0.161. The molecule has 2 unspecified atom stereocenters. The fraction of sp³-hybridized carbons (Fsp3) is 0.946. The fourth-order valence-corrected chi connectivity index (χ4v) is 12.8. The maximum atomic E-state index is 13.1. The van der Waals surface area contributed by atoms with Crippen molar-refractivity contribution in [3.05, 3.63) is 0 Å². The van der Waals surface area contributed by atoms with E-state index in [9.17, 15) is 43.2 Å². The molecule has 0 aliphatic carbocycles. The van der Waals surface area contributed by atoms with Gasteiger partial charge >= 0.3 is 39.5 Å². The molecule has 0 spiro atoms. The van der Waals surface area contributed by atoms with Crippen LogP contribution >= 0.6 is 15.6 Å². The number of hydrogen-bond acceptors (Lipinski definition) is 15. The van der Waals surface area contributed by atoms with Crippen molar-refractivity contribution >= 4 is 39.5 Å². The summed E-state index contributed by atoms with van der Waals surface area (Å²) in [7, 11) is -9.91. The summed E-state index contributed by atoms with van der Waals surface area (Å²) in [4.78, 5) is 72.7. The van der Waals surface area contributed by atoms with Crippen LogP contribution in [0.3, 0.4) is 0 Å². The van der Waals surface area contributed by atoms with Gasteiger partial charge < -0.3 is 33.8 Å². The maximum Gasteiger partial charge on any atom is 0.472 e. The third kappa shape index (κ3) is 68.4. The van der Waals surface area contributed by atoms with Gasteiger partial charge in [-0.1, -0.05) is 325 Å². The van der Waals surface area contributed by atoms with Crippen LogP contribution in [0.4, 0.5) is 0 Å². The van der Waals surface area contributed by atoms with Gasteiger partial charge in [-0.15, -0.1) is 0 Å². The number of rotatable bonds is 72. The zero-order valence-corrected chi connectivity index (χ0v) is 62.5. The minimum atomic E-state index is -4.96. The Morgan fingerprint density at radius 1 is 0.290 bits per heavy atom. The Morgan fingerprint density at radius 3 is 0.731 bits per heavy atom. The highest BCUT2D eigenvalue weighted by Crippen LogP contribution is 2.45. The Bertz CT molecular complexity index is 1820. The Labute approximate surface area is 568 Å². The number of hydrogen-bond donors (Lipinski definition) is 3. The van der Waals surface area contributed by atoms with Gasteiger partial charge in [-0.3, -0.25) is 37.3 Å². The molecule has 0 amide bonds. The van der Waals surface area contributed by atoms with Crippen LogP contribution in [0.25, 0.3) is 0 Å². The van der Waals surface area contributed by atoms with Crippen molar-refractivity contribution in [1.82, 2.24) is 0 Å². The Balaban J connectivity index is 5.26. The maximum absolute atomic E-state index is 13.1. The van der Waals surface area contributed by atoms with Gasteiger partial charge in [-0.05, 0) is 43.4 Å². The lowest BCUT2D eigenvalue weighted by Gasteiger charge is -2.21. The van der Waals surface area contributed by atoms with Gasteiger partial charge in [0, 0.05) is 25.7 Å². The monoisotopic (exact) mass is 1370 g/mol. The number of esters is 4. The average Bonchev–Trinajstić information content (AvgIpc) is 1.62. The van der Waals surface area contributed by atoms with Crippen LogP contribution < -0.4 is 0 Å². The second-order valence-corrected chi connectivity index (χ2v) is 31.0. The molecule has 0 aromatic rings. The number of carbonyl (C=O) groups is 4. The van der Waals surface area contributed by atoms with E-state index < -0.39 is 97.5 Å². The highest BCUT2D eigenvalue weighted by Gasteiger charge is 2.30. The lowest BCUT2D eigenvalue weighted by atomic mass is 10.0. The van der Waals surface area contributed by atoms with Crippen LogP contribution in [-0.2, 0) is 65.4 Å². The minimum Gasteiger partial charge on any atom is -0.462 e. The molecule has 5 atom stereocenters. The number of aliphatic hydroxyl groups is 1. The van der Waals surface area contributed by atoms with Gasteiger partial charge in [-0.2, -0.15) is 0 Å². The second-order valence-electron chi connectivity index (χ2n) is 28.1. The summed E-state index contributed by atoms with van der Waals surface area (Å²) in [6.07, 6.45) is 49.9. The van der Waals surface area contributed by atoms with E-state index in [1.807, 2.05) is 0 Å². The SMILES string of the molecule is CCCCCCCCCCCCCCCC(=O)OC[C@H](COP(=O)(O)OC[C@@H](O)COP(=O)(O)OC[C@@H](COC(=O)CCCCCCCCCCCC(C)C)OC(=O)CCCCCCCCCCCC(C)C)OC(=O)CCCCCCCCCCCCCCCC(C)C. The van der Waals surface area contributed by atoms with Crippen molar-refractivity contribution < 1.29 is 80.2 Å². The van der Waals surface area contributed by atoms with Crippen molar-refractivity contribution in [3.8, 4) is 0 Å². The minimum absolute atomic E-state index is 0.105. The summed E-state index contributed by atoms with van der Waals surface area (Å²) in [5.74, 6) is 0.147. The number of unbranched alkanes of at least 4 members (excludes halogenated alkanes) is 40. The van der Waals surface area contributed by atoms with Crippen LogP contribution in [0.1, 0.15) is 376 Å². The molecule has 0 aliphatic rings. The van der Waals surface area contributed by atoms with Gasteiger partial charge in [-0.25, -0.2) is 9.13 Å². The van der Waals surface area contributed by atoms with Gasteiger partial charge in [0.15, 0.2) is 12.2 Å². The van der Waals surface area contributed by atoms with E-state index in [0.717, 1.165) is 108 Å². The summed E-state index contributed by atoms with van der Waals surface area (Å²) >= 11 is 0. The third-order valence-corrected chi connectivity index (χ3v) is 19.0. The number of carbonyl (C=O) groups excluding carboxylic acids is 4. The summed E-state index contributed by atoms with van der Waals surface area (Å²) in [6, 6.07) is 0. The molecule has 0 saturated carbocycles. The molecule has 0 aromatic carbocycles. The van der Waals surface area contributed by atoms with Crippen molar-refractivity contribution in [2.75, 3.05) is 39.6 Å². The first-order chi connectivity index (χ1) is 44.7. The Kier molecular flexibility index (Phi) is 63.4. The standard InChI is InChI=1S/C74H144O17P2/c1-8-9-10-11-12-13-14-16-20-27-34-41-48-55-71(76)84-61-69(90-73(78)57-50-43-36-28-21-18-15-17-19-24-31-38-45-52-65(2)3)63-88-92(80,81)86-59-68(75)60-87-93(82,83)89-64-70(91-74(79)58-51-44-37-30-23-26-33-40-47-54-67(6)7)62-85-72(77)56-49-42-35-29-22-25-32-39-46-53-66(4)5/h65-70,75H,8-64H2,1-7H3,(H,80,81)(H,82,83)/t68-,69-,70-/m1/s1. The molecular formula is C74H144O17P2. The average molecular weight is 1370 g/mol. The second kappa shape index (κ2) is 64.7. The zero-order valence-electron chi connectivity index (χ0n) is 60.7.